The van der Waals surface area contributed by atoms with Crippen LogP contribution >= 0.6 is 0 Å². The molecule has 0 saturated heterocycles. The maximum Gasteiger partial charge on any atom is 0.221 e. The summed E-state index contributed by atoms with van der Waals surface area (Å²) in [5.41, 5.74) is 1.83. The molecule has 0 radical (unpaired) electrons. The Morgan fingerprint density at radius 3 is 2.61 bits per heavy atom. The monoisotopic (exact) mass is 247 g/mol. The minimum absolute atomic E-state index is 0.237. The lowest BCUT2D eigenvalue weighted by Gasteiger charge is -2.10. The maximum atomic E-state index is 12.8. The molecular formula is C13H14FN3O. The Morgan fingerprint density at radius 1 is 1.22 bits per heavy atom. The number of ether oxygens (including phenoxy) is 1. The molecule has 0 spiro atoms. The Bertz CT molecular complexity index is 528. The van der Waals surface area contributed by atoms with Crippen molar-refractivity contribution in [1.82, 2.24) is 9.97 Å². The van der Waals surface area contributed by atoms with Crippen LogP contribution in [0.3, 0.4) is 0 Å². The molecule has 0 unspecified atom stereocenters. The smallest absolute Gasteiger partial charge is 0.221 e. The van der Waals surface area contributed by atoms with Crippen molar-refractivity contribution in [3.8, 4) is 5.88 Å². The molecule has 4 nitrogen and oxygen atoms in total. The van der Waals surface area contributed by atoms with Crippen molar-refractivity contribution in [1.29, 1.82) is 0 Å². The summed E-state index contributed by atoms with van der Waals surface area (Å²) in [5.74, 6) is 1.02. The van der Waals surface area contributed by atoms with Gasteiger partial charge in [-0.1, -0.05) is 12.1 Å². The second-order valence-corrected chi connectivity index (χ2v) is 3.84. The Kier molecular flexibility index (Phi) is 3.72. The molecule has 0 atom stereocenters. The highest BCUT2D eigenvalue weighted by Gasteiger charge is 2.06. The van der Waals surface area contributed by atoms with Crippen molar-refractivity contribution in [2.45, 2.75) is 13.5 Å². The first-order chi connectivity index (χ1) is 8.70. The largest absolute Gasteiger partial charge is 0.481 e. The van der Waals surface area contributed by atoms with Crippen LogP contribution in [-0.2, 0) is 6.54 Å². The minimum Gasteiger partial charge on any atom is -0.481 e. The van der Waals surface area contributed by atoms with Crippen LogP contribution in [0, 0.1) is 12.7 Å². The predicted molar refractivity (Wildman–Crippen MR) is 67.0 cm³/mol. The Balaban J connectivity index is 2.08. The first-order valence-electron chi connectivity index (χ1n) is 5.54. The molecule has 1 aromatic carbocycles. The molecule has 1 N–H and O–H groups in total. The fraction of sp³-hybridized carbons (Fsp3) is 0.231. The summed E-state index contributed by atoms with van der Waals surface area (Å²) in [7, 11) is 1.57. The summed E-state index contributed by atoms with van der Waals surface area (Å²) in [6.45, 7) is 2.45. The summed E-state index contributed by atoms with van der Waals surface area (Å²) in [6, 6.07) is 6.33. The van der Waals surface area contributed by atoms with Crippen LogP contribution < -0.4 is 10.1 Å². The molecule has 0 amide bonds. The van der Waals surface area contributed by atoms with Crippen molar-refractivity contribution in [3.63, 3.8) is 0 Å². The van der Waals surface area contributed by atoms with E-state index in [-0.39, 0.29) is 5.82 Å². The summed E-state index contributed by atoms with van der Waals surface area (Å²) in [6.07, 6.45) is 1.44. The van der Waals surface area contributed by atoms with Crippen LogP contribution in [0.1, 0.15) is 11.1 Å². The zero-order valence-electron chi connectivity index (χ0n) is 10.3. The first kappa shape index (κ1) is 12.3. The van der Waals surface area contributed by atoms with E-state index in [2.05, 4.69) is 15.3 Å². The summed E-state index contributed by atoms with van der Waals surface area (Å²) in [4.78, 5) is 8.14. The number of benzene rings is 1. The zero-order valence-corrected chi connectivity index (χ0v) is 10.3. The van der Waals surface area contributed by atoms with Crippen LogP contribution in [0.25, 0.3) is 0 Å². The van der Waals surface area contributed by atoms with Crippen molar-refractivity contribution in [2.24, 2.45) is 0 Å². The summed E-state index contributed by atoms with van der Waals surface area (Å²) in [5, 5.41) is 3.17. The molecule has 2 rings (SSSR count). The molecular weight excluding hydrogens is 233 g/mol. The average molecular weight is 247 g/mol. The van der Waals surface area contributed by atoms with Gasteiger partial charge in [0.15, 0.2) is 0 Å². The van der Waals surface area contributed by atoms with E-state index in [0.717, 1.165) is 11.1 Å². The third-order valence-corrected chi connectivity index (χ3v) is 2.60. The summed E-state index contributed by atoms with van der Waals surface area (Å²) >= 11 is 0. The van der Waals surface area contributed by atoms with E-state index in [1.807, 2.05) is 6.92 Å². The third kappa shape index (κ3) is 2.74. The number of halogens is 1. The van der Waals surface area contributed by atoms with Gasteiger partial charge in [-0.25, -0.2) is 14.4 Å². The lowest BCUT2D eigenvalue weighted by Crippen LogP contribution is -2.05. The quantitative estimate of drug-likeness (QED) is 0.902. The van der Waals surface area contributed by atoms with Gasteiger partial charge in [-0.2, -0.15) is 0 Å². The predicted octanol–water partition coefficient (Wildman–Crippen LogP) is 2.54. The SMILES string of the molecule is COc1ncnc(NCc2ccc(F)cc2)c1C. The van der Waals surface area contributed by atoms with E-state index >= 15 is 0 Å². The van der Waals surface area contributed by atoms with Gasteiger partial charge >= 0.3 is 0 Å². The number of anilines is 1. The number of hydrogen-bond acceptors (Lipinski definition) is 4. The molecule has 0 fully saturated rings. The highest BCUT2D eigenvalue weighted by Crippen LogP contribution is 2.20. The lowest BCUT2D eigenvalue weighted by atomic mass is 10.2. The molecule has 0 aliphatic rings. The Labute approximate surface area is 105 Å². The van der Waals surface area contributed by atoms with Crippen molar-refractivity contribution in [3.05, 3.63) is 47.5 Å². The second-order valence-electron chi connectivity index (χ2n) is 3.84. The van der Waals surface area contributed by atoms with Gasteiger partial charge in [0.25, 0.3) is 0 Å². The first-order valence-corrected chi connectivity index (χ1v) is 5.54. The number of nitrogens with zero attached hydrogens (tertiary/aromatic N) is 2. The van der Waals surface area contributed by atoms with Gasteiger partial charge in [0.05, 0.1) is 12.7 Å². The second kappa shape index (κ2) is 5.44. The molecule has 18 heavy (non-hydrogen) atoms. The van der Waals surface area contributed by atoms with Gasteiger partial charge in [0.1, 0.15) is 18.0 Å². The number of methoxy groups -OCH3 is 1. The van der Waals surface area contributed by atoms with E-state index < -0.39 is 0 Å². The van der Waals surface area contributed by atoms with Gasteiger partial charge in [-0.05, 0) is 24.6 Å². The third-order valence-electron chi connectivity index (χ3n) is 2.60. The molecule has 5 heteroatoms. The molecule has 2 aromatic rings. The van der Waals surface area contributed by atoms with Crippen LogP contribution in [0.15, 0.2) is 30.6 Å². The molecule has 1 heterocycles. The van der Waals surface area contributed by atoms with Crippen LogP contribution in [0.5, 0.6) is 5.88 Å². The topological polar surface area (TPSA) is 47.0 Å². The number of rotatable bonds is 4. The van der Waals surface area contributed by atoms with Gasteiger partial charge < -0.3 is 10.1 Å². The summed E-state index contributed by atoms with van der Waals surface area (Å²) < 4.78 is 17.9. The highest BCUT2D eigenvalue weighted by molar-refractivity contribution is 5.47. The van der Waals surface area contributed by atoms with E-state index in [4.69, 9.17) is 4.74 Å². The number of nitrogens with one attached hydrogen (secondary N) is 1. The van der Waals surface area contributed by atoms with E-state index in [9.17, 15) is 4.39 Å². The highest BCUT2D eigenvalue weighted by atomic mass is 19.1. The Morgan fingerprint density at radius 2 is 1.94 bits per heavy atom. The average Bonchev–Trinajstić information content (AvgIpc) is 2.39. The van der Waals surface area contributed by atoms with Crippen LogP contribution in [0.4, 0.5) is 10.2 Å². The fourth-order valence-corrected chi connectivity index (χ4v) is 1.61. The van der Waals surface area contributed by atoms with Crippen molar-refractivity contribution < 1.29 is 9.13 Å². The van der Waals surface area contributed by atoms with E-state index in [1.165, 1.54) is 18.5 Å². The van der Waals surface area contributed by atoms with Crippen molar-refractivity contribution >= 4 is 5.82 Å². The number of hydrogen-bond donors (Lipinski definition) is 1. The fourth-order valence-electron chi connectivity index (χ4n) is 1.61. The van der Waals surface area contributed by atoms with Crippen molar-refractivity contribution in [2.75, 3.05) is 12.4 Å². The normalized spacial score (nSPS) is 10.2. The molecule has 0 aliphatic carbocycles. The lowest BCUT2D eigenvalue weighted by molar-refractivity contribution is 0.393. The van der Waals surface area contributed by atoms with E-state index in [1.54, 1.807) is 19.2 Å². The van der Waals surface area contributed by atoms with Gasteiger partial charge in [0, 0.05) is 6.54 Å². The molecule has 1 aromatic heterocycles. The zero-order chi connectivity index (χ0) is 13.0. The maximum absolute atomic E-state index is 12.8. The molecule has 0 saturated carbocycles. The minimum atomic E-state index is -0.237. The van der Waals surface area contributed by atoms with Gasteiger partial charge in [0.2, 0.25) is 5.88 Å². The van der Waals surface area contributed by atoms with Gasteiger partial charge in [-0.3, -0.25) is 0 Å². The number of aromatic nitrogens is 2. The molecule has 0 aliphatic heterocycles. The standard InChI is InChI=1S/C13H14FN3O/c1-9-12(16-8-17-13(9)18-2)15-7-10-3-5-11(14)6-4-10/h3-6,8H,7H2,1-2H3,(H,15,16,17). The Hall–Kier alpha value is -2.17. The molecule has 94 valence electrons. The molecule has 0 bridgehead atoms. The van der Waals surface area contributed by atoms with Crippen LogP contribution in [-0.4, -0.2) is 17.1 Å². The van der Waals surface area contributed by atoms with Gasteiger partial charge in [-0.15, -0.1) is 0 Å². The van der Waals surface area contributed by atoms with E-state index in [0.29, 0.717) is 18.2 Å². The van der Waals surface area contributed by atoms with Crippen LogP contribution in [0.2, 0.25) is 0 Å².